The fourth-order valence-electron chi connectivity index (χ4n) is 1.69. The zero-order valence-electron chi connectivity index (χ0n) is 10.2. The second-order valence-electron chi connectivity index (χ2n) is 4.07. The maximum atomic E-state index is 6.25. The minimum absolute atomic E-state index is 0.824. The van der Waals surface area contributed by atoms with Gasteiger partial charge in [-0.2, -0.15) is 0 Å². The van der Waals surface area contributed by atoms with Gasteiger partial charge in [0.25, 0.3) is 0 Å². The van der Waals surface area contributed by atoms with Crippen LogP contribution in [0, 0.1) is 3.57 Å². The quantitative estimate of drug-likeness (QED) is 0.547. The van der Waals surface area contributed by atoms with Crippen LogP contribution in [0.2, 0.25) is 5.02 Å². The molecular formula is C14H15ClINS. The van der Waals surface area contributed by atoms with E-state index in [9.17, 15) is 0 Å². The molecule has 1 N–H and O–H groups in total. The molecular weight excluding hydrogens is 377 g/mol. The predicted molar refractivity (Wildman–Crippen MR) is 89.5 cm³/mol. The minimum Gasteiger partial charge on any atom is -0.312 e. The van der Waals surface area contributed by atoms with Gasteiger partial charge in [0.05, 0.1) is 0 Å². The molecule has 0 atom stereocenters. The predicted octanol–water partition coefficient (Wildman–Crippen LogP) is 5.17. The topological polar surface area (TPSA) is 12.0 Å². The number of hydrogen-bond acceptors (Lipinski definition) is 2. The first kappa shape index (κ1) is 14.3. The third kappa shape index (κ3) is 3.70. The van der Waals surface area contributed by atoms with Crippen LogP contribution in [0.1, 0.15) is 18.2 Å². The number of thiophene rings is 1. The maximum Gasteiger partial charge on any atom is 0.0493 e. The van der Waals surface area contributed by atoms with Crippen molar-refractivity contribution < 1.29 is 0 Å². The fourth-order valence-corrected chi connectivity index (χ4v) is 3.47. The minimum atomic E-state index is 0.824. The molecule has 1 nitrogen and oxygen atoms in total. The van der Waals surface area contributed by atoms with Crippen LogP contribution in [0.5, 0.6) is 0 Å². The lowest BCUT2D eigenvalue weighted by Crippen LogP contribution is -2.12. The third-order valence-electron chi connectivity index (χ3n) is 2.58. The number of halogens is 2. The smallest absolute Gasteiger partial charge is 0.0493 e. The first-order chi connectivity index (χ1) is 8.70. The molecule has 0 bridgehead atoms. The van der Waals surface area contributed by atoms with E-state index in [1.807, 2.05) is 23.5 Å². The van der Waals surface area contributed by atoms with Gasteiger partial charge in [-0.25, -0.2) is 0 Å². The summed E-state index contributed by atoms with van der Waals surface area (Å²) in [6.07, 6.45) is 1.17. The summed E-state index contributed by atoms with van der Waals surface area (Å²) in [7, 11) is 0. The zero-order valence-corrected chi connectivity index (χ0v) is 13.9. The Morgan fingerprint density at radius 2 is 2.11 bits per heavy atom. The van der Waals surface area contributed by atoms with Crippen LogP contribution in [0.3, 0.4) is 0 Å². The lowest BCUT2D eigenvalue weighted by molar-refractivity contribution is 0.681. The molecule has 0 radical (unpaired) electrons. The number of rotatable bonds is 5. The van der Waals surface area contributed by atoms with Gasteiger partial charge in [0.1, 0.15) is 0 Å². The lowest BCUT2D eigenvalue weighted by atomic mass is 10.2. The molecule has 0 fully saturated rings. The molecule has 2 rings (SSSR count). The molecule has 18 heavy (non-hydrogen) atoms. The number of hydrogen-bond donors (Lipinski definition) is 1. The summed E-state index contributed by atoms with van der Waals surface area (Å²) in [5, 5.41) is 4.24. The highest BCUT2D eigenvalue weighted by atomic mass is 127. The van der Waals surface area contributed by atoms with Crippen LogP contribution in [0.15, 0.2) is 30.3 Å². The number of nitrogens with one attached hydrogen (secondary N) is 1. The van der Waals surface area contributed by atoms with E-state index in [0.717, 1.165) is 23.7 Å². The molecule has 0 aliphatic carbocycles. The Bertz CT molecular complexity index is 524. The molecule has 0 aliphatic heterocycles. The van der Waals surface area contributed by atoms with E-state index in [1.54, 1.807) is 0 Å². The van der Waals surface area contributed by atoms with Crippen molar-refractivity contribution in [3.05, 3.63) is 43.8 Å². The van der Waals surface area contributed by atoms with Crippen molar-refractivity contribution in [2.45, 2.75) is 19.9 Å². The van der Waals surface area contributed by atoms with Crippen molar-refractivity contribution in [2.24, 2.45) is 0 Å². The van der Waals surface area contributed by atoms with Crippen molar-refractivity contribution in [2.75, 3.05) is 6.54 Å². The first-order valence-electron chi connectivity index (χ1n) is 5.95. The van der Waals surface area contributed by atoms with Crippen LogP contribution >= 0.6 is 45.5 Å². The van der Waals surface area contributed by atoms with E-state index in [4.69, 9.17) is 11.6 Å². The molecule has 0 amide bonds. The van der Waals surface area contributed by atoms with Crippen LogP contribution in [-0.4, -0.2) is 6.54 Å². The Balaban J connectivity index is 2.16. The first-order valence-corrected chi connectivity index (χ1v) is 8.23. The molecule has 0 spiro atoms. The standard InChI is InChI=1S/C14H15ClINS/c1-2-7-17-9-11-4-6-14(18-11)12-8-10(16)3-5-13(12)15/h3-6,8,17H,2,7,9H2,1H3. The Morgan fingerprint density at radius 1 is 1.28 bits per heavy atom. The summed E-state index contributed by atoms with van der Waals surface area (Å²) in [5.41, 5.74) is 1.13. The molecule has 4 heteroatoms. The average Bonchev–Trinajstić information content (AvgIpc) is 2.81. The highest BCUT2D eigenvalue weighted by molar-refractivity contribution is 14.1. The van der Waals surface area contributed by atoms with Crippen LogP contribution in [0.4, 0.5) is 0 Å². The Hall–Kier alpha value is -0.100. The largest absolute Gasteiger partial charge is 0.312 e. The van der Waals surface area contributed by atoms with Gasteiger partial charge in [-0.3, -0.25) is 0 Å². The normalized spacial score (nSPS) is 10.8. The van der Waals surface area contributed by atoms with Crippen molar-refractivity contribution in [3.8, 4) is 10.4 Å². The van der Waals surface area contributed by atoms with E-state index in [1.165, 1.54) is 19.7 Å². The van der Waals surface area contributed by atoms with E-state index < -0.39 is 0 Å². The maximum absolute atomic E-state index is 6.25. The zero-order chi connectivity index (χ0) is 13.0. The van der Waals surface area contributed by atoms with Gasteiger partial charge < -0.3 is 5.32 Å². The summed E-state index contributed by atoms with van der Waals surface area (Å²) < 4.78 is 1.21. The highest BCUT2D eigenvalue weighted by Gasteiger charge is 2.07. The Labute approximate surface area is 131 Å². The van der Waals surface area contributed by atoms with Crippen LogP contribution < -0.4 is 5.32 Å². The van der Waals surface area contributed by atoms with Crippen molar-refractivity contribution >= 4 is 45.5 Å². The van der Waals surface area contributed by atoms with E-state index in [0.29, 0.717) is 0 Å². The van der Waals surface area contributed by atoms with Crippen molar-refractivity contribution in [3.63, 3.8) is 0 Å². The van der Waals surface area contributed by atoms with Gasteiger partial charge in [0.15, 0.2) is 0 Å². The second kappa shape index (κ2) is 6.89. The molecule has 0 aliphatic rings. The van der Waals surface area contributed by atoms with Gasteiger partial charge >= 0.3 is 0 Å². The molecule has 1 heterocycles. The van der Waals surface area contributed by atoms with Crippen LogP contribution in [0.25, 0.3) is 10.4 Å². The van der Waals surface area contributed by atoms with E-state index in [-0.39, 0.29) is 0 Å². The van der Waals surface area contributed by atoms with Crippen molar-refractivity contribution in [1.82, 2.24) is 5.32 Å². The summed E-state index contributed by atoms with van der Waals surface area (Å²) in [5.74, 6) is 0. The SMILES string of the molecule is CCCNCc1ccc(-c2cc(I)ccc2Cl)s1. The van der Waals surface area contributed by atoms with E-state index in [2.05, 4.69) is 53.0 Å². The molecule has 0 unspecified atom stereocenters. The summed E-state index contributed by atoms with van der Waals surface area (Å²) >= 11 is 10.4. The van der Waals surface area contributed by atoms with Crippen LogP contribution in [-0.2, 0) is 6.54 Å². The molecule has 0 saturated heterocycles. The second-order valence-corrected chi connectivity index (χ2v) is 6.89. The highest BCUT2D eigenvalue weighted by Crippen LogP contribution is 2.34. The monoisotopic (exact) mass is 391 g/mol. The Morgan fingerprint density at radius 3 is 2.89 bits per heavy atom. The average molecular weight is 392 g/mol. The molecule has 0 saturated carbocycles. The number of benzene rings is 1. The molecule has 96 valence electrons. The van der Waals surface area contributed by atoms with Gasteiger partial charge in [0.2, 0.25) is 0 Å². The summed E-state index contributed by atoms with van der Waals surface area (Å²) in [4.78, 5) is 2.60. The van der Waals surface area contributed by atoms with Gasteiger partial charge in [-0.1, -0.05) is 18.5 Å². The van der Waals surface area contributed by atoms with Gasteiger partial charge in [0, 0.05) is 30.5 Å². The fraction of sp³-hybridized carbons (Fsp3) is 0.286. The third-order valence-corrected chi connectivity index (χ3v) is 4.70. The lowest BCUT2D eigenvalue weighted by Gasteiger charge is -2.02. The van der Waals surface area contributed by atoms with Crippen molar-refractivity contribution in [1.29, 1.82) is 0 Å². The Kier molecular flexibility index (Phi) is 5.48. The van der Waals surface area contributed by atoms with Gasteiger partial charge in [-0.05, 0) is 65.9 Å². The molecule has 2 aromatic rings. The molecule has 1 aromatic heterocycles. The van der Waals surface area contributed by atoms with Gasteiger partial charge in [-0.15, -0.1) is 11.3 Å². The summed E-state index contributed by atoms with van der Waals surface area (Å²) in [6.45, 7) is 4.19. The molecule has 1 aromatic carbocycles. The van der Waals surface area contributed by atoms with E-state index >= 15 is 0 Å². The summed E-state index contributed by atoms with van der Waals surface area (Å²) in [6, 6.07) is 10.5.